The zero-order valence-electron chi connectivity index (χ0n) is 17.3. The molecule has 0 aliphatic carbocycles. The predicted molar refractivity (Wildman–Crippen MR) is 113 cm³/mol. The van der Waals surface area contributed by atoms with E-state index in [1.54, 1.807) is 25.5 Å². The van der Waals surface area contributed by atoms with Crippen LogP contribution in [0.1, 0.15) is 50.5 Å². The highest BCUT2D eigenvalue weighted by molar-refractivity contribution is 5.92. The van der Waals surface area contributed by atoms with E-state index in [2.05, 4.69) is 38.1 Å². The number of hydrogen-bond acceptors (Lipinski definition) is 4. The maximum Gasteiger partial charge on any atom is 0.339 e. The van der Waals surface area contributed by atoms with Gasteiger partial charge < -0.3 is 13.6 Å². The number of carbonyl (C=O) groups is 1. The van der Waals surface area contributed by atoms with E-state index in [0.717, 1.165) is 37.0 Å². The smallest absolute Gasteiger partial charge is 0.339 e. The van der Waals surface area contributed by atoms with Crippen LogP contribution in [-0.4, -0.2) is 5.97 Å². The molecule has 0 spiro atoms. The van der Waals surface area contributed by atoms with Crippen molar-refractivity contribution in [3.05, 3.63) is 95.1 Å². The largest absolute Gasteiger partial charge is 0.472 e. The Hall–Kier alpha value is -3.01. The summed E-state index contributed by atoms with van der Waals surface area (Å²) in [4.78, 5) is 11.4. The minimum atomic E-state index is -0.246. The van der Waals surface area contributed by atoms with E-state index in [0.29, 0.717) is 17.3 Å². The van der Waals surface area contributed by atoms with E-state index in [4.69, 9.17) is 13.6 Å². The van der Waals surface area contributed by atoms with E-state index in [1.165, 1.54) is 11.1 Å². The number of hydrogen-bond donors (Lipinski definition) is 0. The van der Waals surface area contributed by atoms with Crippen LogP contribution in [0.25, 0.3) is 0 Å². The van der Waals surface area contributed by atoms with Gasteiger partial charge in [-0.15, -0.1) is 0 Å². The van der Waals surface area contributed by atoms with Gasteiger partial charge >= 0.3 is 5.97 Å². The molecule has 2 aromatic rings. The van der Waals surface area contributed by atoms with Crippen LogP contribution >= 0.6 is 0 Å². The molecule has 1 aliphatic heterocycles. The number of cyclic esters (lactones) is 1. The fourth-order valence-corrected chi connectivity index (χ4v) is 3.17. The molecule has 29 heavy (non-hydrogen) atoms. The van der Waals surface area contributed by atoms with Crippen molar-refractivity contribution >= 4 is 5.97 Å². The quantitative estimate of drug-likeness (QED) is 0.370. The van der Waals surface area contributed by atoms with Crippen LogP contribution in [0.5, 0.6) is 0 Å². The molecule has 0 amide bonds. The van der Waals surface area contributed by atoms with Gasteiger partial charge in [0.2, 0.25) is 0 Å². The number of aryl methyl sites for hydroxylation is 1. The first-order chi connectivity index (χ1) is 14.0. The van der Waals surface area contributed by atoms with Crippen molar-refractivity contribution in [2.75, 3.05) is 0 Å². The lowest BCUT2D eigenvalue weighted by atomic mass is 10.1. The van der Waals surface area contributed by atoms with Crippen LogP contribution in [0.3, 0.4) is 0 Å². The molecule has 0 saturated carbocycles. The Labute approximate surface area is 172 Å². The average Bonchev–Trinajstić information content (AvgIpc) is 3.39. The molecule has 0 radical (unpaired) electrons. The van der Waals surface area contributed by atoms with Crippen molar-refractivity contribution in [3.8, 4) is 0 Å². The number of rotatable bonds is 9. The van der Waals surface area contributed by atoms with Crippen LogP contribution in [0.15, 0.2) is 87.0 Å². The van der Waals surface area contributed by atoms with Crippen molar-refractivity contribution in [2.45, 2.75) is 46.5 Å². The Morgan fingerprint density at radius 1 is 1.24 bits per heavy atom. The van der Waals surface area contributed by atoms with Crippen LogP contribution in [0.2, 0.25) is 0 Å². The first-order valence-corrected chi connectivity index (χ1v) is 10.0. The molecule has 0 N–H and O–H groups in total. The van der Waals surface area contributed by atoms with Crippen LogP contribution in [-0.2, 0) is 22.4 Å². The van der Waals surface area contributed by atoms with Crippen molar-refractivity contribution in [1.29, 1.82) is 0 Å². The average molecular weight is 392 g/mol. The molecule has 1 atom stereocenters. The monoisotopic (exact) mass is 392 g/mol. The summed E-state index contributed by atoms with van der Waals surface area (Å²) < 4.78 is 15.9. The second kappa shape index (κ2) is 9.97. The molecule has 0 bridgehead atoms. The summed E-state index contributed by atoms with van der Waals surface area (Å²) in [6.07, 6.45) is 19.2. The van der Waals surface area contributed by atoms with Gasteiger partial charge in [-0.2, -0.15) is 0 Å². The Balaban J connectivity index is 1.40. The number of carbonyl (C=O) groups excluding carboxylic acids is 1. The second-order valence-electron chi connectivity index (χ2n) is 7.62. The highest BCUT2D eigenvalue weighted by atomic mass is 16.5. The first kappa shape index (κ1) is 20.7. The molecule has 0 fully saturated rings. The molecule has 0 saturated heterocycles. The molecule has 2 aromatic heterocycles. The lowest BCUT2D eigenvalue weighted by molar-refractivity contribution is -0.133. The van der Waals surface area contributed by atoms with E-state index >= 15 is 0 Å². The molecule has 3 heterocycles. The lowest BCUT2D eigenvalue weighted by Crippen LogP contribution is -1.96. The minimum absolute atomic E-state index is 0.246. The highest BCUT2D eigenvalue weighted by Gasteiger charge is 2.16. The highest BCUT2D eigenvalue weighted by Crippen LogP contribution is 2.20. The maximum atomic E-state index is 11.4. The summed E-state index contributed by atoms with van der Waals surface area (Å²) in [5, 5.41) is 0. The number of esters is 1. The van der Waals surface area contributed by atoms with Crippen molar-refractivity contribution in [1.82, 2.24) is 0 Å². The second-order valence-corrected chi connectivity index (χ2v) is 7.62. The molecular weight excluding hydrogens is 364 g/mol. The Morgan fingerprint density at radius 3 is 2.83 bits per heavy atom. The molecule has 152 valence electrons. The Kier molecular flexibility index (Phi) is 7.12. The zero-order chi connectivity index (χ0) is 20.6. The van der Waals surface area contributed by atoms with E-state index in [9.17, 15) is 4.79 Å². The Morgan fingerprint density at radius 2 is 2.10 bits per heavy atom. The van der Waals surface area contributed by atoms with Gasteiger partial charge in [0.1, 0.15) is 11.5 Å². The predicted octanol–water partition coefficient (Wildman–Crippen LogP) is 6.31. The van der Waals surface area contributed by atoms with Gasteiger partial charge in [0.15, 0.2) is 0 Å². The van der Waals surface area contributed by atoms with Crippen LogP contribution < -0.4 is 0 Å². The van der Waals surface area contributed by atoms with Gasteiger partial charge in [0, 0.05) is 12.0 Å². The summed E-state index contributed by atoms with van der Waals surface area (Å²) in [5.41, 5.74) is 4.24. The van der Waals surface area contributed by atoms with Gasteiger partial charge in [-0.25, -0.2) is 4.79 Å². The third-order valence-electron chi connectivity index (χ3n) is 4.79. The third kappa shape index (κ3) is 6.53. The molecule has 1 unspecified atom stereocenters. The standard InChI is InChI=1S/C25H28O4/c1-18(6-4-8-19(2)12-24-13-20(3)25(26)29-24)7-5-9-21-14-23(28-17-21)15-22-10-11-27-16-22/h4,6-7,10-14,16-17,19H,5,8-9,15H2,1-3H3. The van der Waals surface area contributed by atoms with Crippen molar-refractivity contribution in [3.63, 3.8) is 0 Å². The molecule has 4 nitrogen and oxygen atoms in total. The summed E-state index contributed by atoms with van der Waals surface area (Å²) >= 11 is 0. The van der Waals surface area contributed by atoms with Crippen LogP contribution in [0, 0.1) is 5.92 Å². The van der Waals surface area contributed by atoms with Gasteiger partial charge in [-0.1, -0.05) is 30.7 Å². The molecule has 3 rings (SSSR count). The Bertz CT molecular complexity index is 935. The summed E-state index contributed by atoms with van der Waals surface area (Å²) in [7, 11) is 0. The number of allylic oxidation sites excluding steroid dienone is 6. The fourth-order valence-electron chi connectivity index (χ4n) is 3.17. The van der Waals surface area contributed by atoms with Crippen molar-refractivity contribution < 1.29 is 18.4 Å². The maximum absolute atomic E-state index is 11.4. The fraction of sp³-hybridized carbons (Fsp3) is 0.320. The molecule has 1 aliphatic rings. The zero-order valence-corrected chi connectivity index (χ0v) is 17.3. The number of furan rings is 2. The molecule has 0 aromatic carbocycles. The van der Waals surface area contributed by atoms with Gasteiger partial charge in [-0.05, 0) is 74.4 Å². The minimum Gasteiger partial charge on any atom is -0.472 e. The van der Waals surface area contributed by atoms with E-state index < -0.39 is 0 Å². The molecular formula is C25H28O4. The normalized spacial score (nSPS) is 17.2. The SMILES string of the molecule is CC(C=CCC(C)C=C1C=C(C)C(=O)O1)=CCCc1coc(Cc2ccoc2)c1. The molecule has 4 heteroatoms. The van der Waals surface area contributed by atoms with Gasteiger partial charge in [-0.3, -0.25) is 0 Å². The summed E-state index contributed by atoms with van der Waals surface area (Å²) in [6, 6.07) is 4.07. The van der Waals surface area contributed by atoms with E-state index in [-0.39, 0.29) is 5.97 Å². The third-order valence-corrected chi connectivity index (χ3v) is 4.79. The summed E-state index contributed by atoms with van der Waals surface area (Å²) in [5.74, 6) is 1.68. The summed E-state index contributed by atoms with van der Waals surface area (Å²) in [6.45, 7) is 6.00. The topological polar surface area (TPSA) is 52.6 Å². The van der Waals surface area contributed by atoms with Crippen molar-refractivity contribution in [2.24, 2.45) is 5.92 Å². The lowest BCUT2D eigenvalue weighted by Gasteiger charge is -2.03. The van der Waals surface area contributed by atoms with E-state index in [1.807, 2.05) is 18.4 Å². The number of ether oxygens (including phenoxy) is 1. The first-order valence-electron chi connectivity index (χ1n) is 10.0. The van der Waals surface area contributed by atoms with Crippen LogP contribution in [0.4, 0.5) is 0 Å². The van der Waals surface area contributed by atoms with Gasteiger partial charge in [0.25, 0.3) is 0 Å². The van der Waals surface area contributed by atoms with Gasteiger partial charge in [0.05, 0.1) is 18.8 Å².